The molecule has 0 saturated carbocycles. The molecular formula is C17H17ClN2O. The van der Waals surface area contributed by atoms with Crippen molar-refractivity contribution in [3.63, 3.8) is 0 Å². The summed E-state index contributed by atoms with van der Waals surface area (Å²) in [5, 5.41) is 0.653. The van der Waals surface area contributed by atoms with Crippen molar-refractivity contribution in [3.8, 4) is 0 Å². The van der Waals surface area contributed by atoms with Gasteiger partial charge in [-0.05, 0) is 41.8 Å². The molecule has 1 aliphatic rings. The Kier molecular flexibility index (Phi) is 3.70. The summed E-state index contributed by atoms with van der Waals surface area (Å²) in [5.41, 5.74) is 9.09. The summed E-state index contributed by atoms with van der Waals surface area (Å²) >= 11 is 6.04. The quantitative estimate of drug-likeness (QED) is 0.884. The molecule has 0 aliphatic carbocycles. The highest BCUT2D eigenvalue weighted by molar-refractivity contribution is 6.30. The van der Waals surface area contributed by atoms with E-state index in [1.807, 2.05) is 48.5 Å². The van der Waals surface area contributed by atoms with Crippen molar-refractivity contribution in [2.24, 2.45) is 5.73 Å². The van der Waals surface area contributed by atoms with Crippen LogP contribution in [0.2, 0.25) is 5.02 Å². The first-order chi connectivity index (χ1) is 10.1. The van der Waals surface area contributed by atoms with Crippen LogP contribution in [0.15, 0.2) is 48.5 Å². The van der Waals surface area contributed by atoms with Crippen LogP contribution in [0, 0.1) is 0 Å². The Morgan fingerprint density at radius 3 is 2.52 bits per heavy atom. The van der Waals surface area contributed by atoms with Gasteiger partial charge in [0, 0.05) is 10.7 Å². The summed E-state index contributed by atoms with van der Waals surface area (Å²) in [5.74, 6) is -0.0516. The molecule has 2 atom stereocenters. The molecule has 3 rings (SSSR count). The summed E-state index contributed by atoms with van der Waals surface area (Å²) in [4.78, 5) is 13.9. The number of benzene rings is 2. The lowest BCUT2D eigenvalue weighted by atomic mass is 9.88. The number of β-lactam (4-membered cyclic amide) rings is 1. The van der Waals surface area contributed by atoms with E-state index >= 15 is 0 Å². The van der Waals surface area contributed by atoms with Crippen molar-refractivity contribution in [1.29, 1.82) is 0 Å². The first-order valence-electron chi connectivity index (χ1n) is 7.05. The fraction of sp³-hybridized carbons (Fsp3) is 0.235. The lowest BCUT2D eigenvalue weighted by Gasteiger charge is -2.45. The topological polar surface area (TPSA) is 46.3 Å². The number of carbonyl (C=O) groups excluding carboxylic acids is 1. The van der Waals surface area contributed by atoms with Crippen molar-refractivity contribution >= 4 is 23.2 Å². The van der Waals surface area contributed by atoms with Gasteiger partial charge in [0.1, 0.15) is 6.04 Å². The van der Waals surface area contributed by atoms with Crippen LogP contribution in [0.4, 0.5) is 5.69 Å². The van der Waals surface area contributed by atoms with Crippen LogP contribution in [-0.4, -0.2) is 11.9 Å². The van der Waals surface area contributed by atoms with Crippen molar-refractivity contribution in [1.82, 2.24) is 0 Å². The number of carbonyl (C=O) groups is 1. The third-order valence-electron chi connectivity index (χ3n) is 3.95. The SMILES string of the molecule is CCc1ccc(N2C(=O)[C@@H](N)[C@H]2c2cccc(Cl)c2)cc1. The molecule has 3 nitrogen and oxygen atoms in total. The summed E-state index contributed by atoms with van der Waals surface area (Å²) in [6, 6.07) is 14.9. The zero-order valence-corrected chi connectivity index (χ0v) is 12.5. The van der Waals surface area contributed by atoms with Gasteiger partial charge >= 0.3 is 0 Å². The molecule has 0 spiro atoms. The summed E-state index contributed by atoms with van der Waals surface area (Å²) in [7, 11) is 0. The zero-order valence-electron chi connectivity index (χ0n) is 11.8. The van der Waals surface area contributed by atoms with Crippen LogP contribution in [0.1, 0.15) is 24.1 Å². The molecule has 1 saturated heterocycles. The molecule has 1 heterocycles. The van der Waals surface area contributed by atoms with Crippen LogP contribution >= 0.6 is 11.6 Å². The second-order valence-corrected chi connectivity index (χ2v) is 5.69. The molecule has 2 aromatic rings. The van der Waals surface area contributed by atoms with Gasteiger partial charge in [0.05, 0.1) is 6.04 Å². The van der Waals surface area contributed by atoms with Crippen molar-refractivity contribution in [3.05, 3.63) is 64.7 Å². The number of anilines is 1. The van der Waals surface area contributed by atoms with E-state index in [1.54, 1.807) is 4.90 Å². The van der Waals surface area contributed by atoms with Gasteiger partial charge in [-0.25, -0.2) is 0 Å². The molecule has 0 aromatic heterocycles. The minimum absolute atomic E-state index is 0.0516. The highest BCUT2D eigenvalue weighted by Gasteiger charge is 2.46. The Morgan fingerprint density at radius 2 is 1.90 bits per heavy atom. The van der Waals surface area contributed by atoms with Crippen molar-refractivity contribution < 1.29 is 4.79 Å². The molecule has 0 unspecified atom stereocenters. The third-order valence-corrected chi connectivity index (χ3v) is 4.19. The molecule has 1 fully saturated rings. The highest BCUT2D eigenvalue weighted by Crippen LogP contribution is 2.38. The second-order valence-electron chi connectivity index (χ2n) is 5.25. The Balaban J connectivity index is 1.94. The average molecular weight is 301 g/mol. The smallest absolute Gasteiger partial charge is 0.247 e. The maximum Gasteiger partial charge on any atom is 0.247 e. The first kappa shape index (κ1) is 14.1. The normalized spacial score (nSPS) is 21.3. The van der Waals surface area contributed by atoms with Crippen LogP contribution in [0.5, 0.6) is 0 Å². The van der Waals surface area contributed by atoms with Gasteiger partial charge in [0.15, 0.2) is 0 Å². The predicted octanol–water partition coefficient (Wildman–Crippen LogP) is 3.32. The number of halogens is 1. The molecule has 21 heavy (non-hydrogen) atoms. The molecule has 1 aliphatic heterocycles. The molecular weight excluding hydrogens is 284 g/mol. The number of aryl methyl sites for hydroxylation is 1. The number of nitrogens with two attached hydrogens (primary N) is 1. The van der Waals surface area contributed by atoms with Crippen molar-refractivity contribution in [2.75, 3.05) is 4.90 Å². The predicted molar refractivity (Wildman–Crippen MR) is 85.5 cm³/mol. The minimum Gasteiger partial charge on any atom is -0.318 e. The molecule has 0 radical (unpaired) electrons. The van der Waals surface area contributed by atoms with E-state index in [4.69, 9.17) is 17.3 Å². The fourth-order valence-electron chi connectivity index (χ4n) is 2.74. The van der Waals surface area contributed by atoms with Gasteiger partial charge in [0.2, 0.25) is 5.91 Å². The average Bonchev–Trinajstić information content (AvgIpc) is 2.51. The van der Waals surface area contributed by atoms with E-state index in [9.17, 15) is 4.79 Å². The molecule has 4 heteroatoms. The Hall–Kier alpha value is -1.84. The minimum atomic E-state index is -0.505. The van der Waals surface area contributed by atoms with Gasteiger partial charge < -0.3 is 10.6 Å². The van der Waals surface area contributed by atoms with E-state index in [2.05, 4.69) is 6.92 Å². The van der Waals surface area contributed by atoms with Gasteiger partial charge in [-0.2, -0.15) is 0 Å². The van der Waals surface area contributed by atoms with E-state index in [0.717, 1.165) is 17.7 Å². The van der Waals surface area contributed by atoms with Crippen LogP contribution in [0.3, 0.4) is 0 Å². The maximum atomic E-state index is 12.2. The van der Waals surface area contributed by atoms with Crippen LogP contribution in [0.25, 0.3) is 0 Å². The lowest BCUT2D eigenvalue weighted by molar-refractivity contribution is -0.126. The van der Waals surface area contributed by atoms with Gasteiger partial charge in [-0.1, -0.05) is 42.8 Å². The molecule has 1 amide bonds. The highest BCUT2D eigenvalue weighted by atomic mass is 35.5. The zero-order chi connectivity index (χ0) is 15.0. The molecule has 108 valence electrons. The Labute approximate surface area is 129 Å². The molecule has 0 bridgehead atoms. The summed E-state index contributed by atoms with van der Waals surface area (Å²) < 4.78 is 0. The van der Waals surface area contributed by atoms with E-state index in [-0.39, 0.29) is 11.9 Å². The third kappa shape index (κ3) is 2.43. The van der Waals surface area contributed by atoms with Crippen molar-refractivity contribution in [2.45, 2.75) is 25.4 Å². The molecule has 2 aromatic carbocycles. The van der Waals surface area contributed by atoms with Gasteiger partial charge in [-0.15, -0.1) is 0 Å². The monoisotopic (exact) mass is 300 g/mol. The second kappa shape index (κ2) is 5.51. The maximum absolute atomic E-state index is 12.2. The Bertz CT molecular complexity index is 669. The number of nitrogens with zero attached hydrogens (tertiary/aromatic N) is 1. The number of hydrogen-bond acceptors (Lipinski definition) is 2. The van der Waals surface area contributed by atoms with Gasteiger partial charge in [-0.3, -0.25) is 4.79 Å². The van der Waals surface area contributed by atoms with Crippen LogP contribution in [-0.2, 0) is 11.2 Å². The fourth-order valence-corrected chi connectivity index (χ4v) is 2.94. The van der Waals surface area contributed by atoms with E-state index < -0.39 is 6.04 Å². The van der Waals surface area contributed by atoms with Crippen LogP contribution < -0.4 is 10.6 Å². The summed E-state index contributed by atoms with van der Waals surface area (Å²) in [6.07, 6.45) is 0.978. The standard InChI is InChI=1S/C17H17ClN2O/c1-2-11-6-8-14(9-7-11)20-16(15(19)17(20)21)12-4-3-5-13(18)10-12/h3-10,15-16H,2,19H2,1H3/t15-,16+/m0/s1. The van der Waals surface area contributed by atoms with Gasteiger partial charge in [0.25, 0.3) is 0 Å². The van der Waals surface area contributed by atoms with E-state index in [0.29, 0.717) is 5.02 Å². The summed E-state index contributed by atoms with van der Waals surface area (Å²) in [6.45, 7) is 2.11. The number of hydrogen-bond donors (Lipinski definition) is 1. The first-order valence-corrected chi connectivity index (χ1v) is 7.42. The van der Waals surface area contributed by atoms with E-state index in [1.165, 1.54) is 5.56 Å². The number of amides is 1. The molecule has 2 N–H and O–H groups in total. The largest absolute Gasteiger partial charge is 0.318 e. The number of rotatable bonds is 3. The Morgan fingerprint density at radius 1 is 1.19 bits per heavy atom. The lowest BCUT2D eigenvalue weighted by Crippen LogP contribution is -2.63.